The van der Waals surface area contributed by atoms with Crippen molar-refractivity contribution in [1.29, 1.82) is 0 Å². The second kappa shape index (κ2) is 5.78. The Labute approximate surface area is 88.4 Å². The average Bonchev–Trinajstić information content (AvgIpc) is 2.50. The Balaban J connectivity index is 2.29. The summed E-state index contributed by atoms with van der Waals surface area (Å²) in [6.07, 6.45) is 4.61. The molecule has 1 aliphatic carbocycles. The van der Waals surface area contributed by atoms with E-state index in [0.717, 1.165) is 18.2 Å². The molecule has 0 heterocycles. The lowest BCUT2D eigenvalue weighted by atomic mass is 10.3. The molecule has 0 aliphatic heterocycles. The van der Waals surface area contributed by atoms with Gasteiger partial charge in [-0.15, -0.1) is 0 Å². The molecule has 0 radical (unpaired) electrons. The lowest BCUT2D eigenvalue weighted by molar-refractivity contribution is -0.141. The molecule has 0 aromatic rings. The summed E-state index contributed by atoms with van der Waals surface area (Å²) >= 11 is 3.37. The van der Waals surface area contributed by atoms with Crippen LogP contribution in [0.5, 0.6) is 0 Å². The molecule has 0 amide bonds. The summed E-state index contributed by atoms with van der Waals surface area (Å²) in [6.45, 7) is 4.83. The molecule has 0 saturated heterocycles. The Morgan fingerprint density at radius 1 is 1.69 bits per heavy atom. The van der Waals surface area contributed by atoms with Crippen LogP contribution in [0.2, 0.25) is 0 Å². The fourth-order valence-electron chi connectivity index (χ4n) is 1.46. The monoisotopic (exact) mass is 248 g/mol. The molecule has 0 bridgehead atoms. The molecule has 2 unspecified atom stereocenters. The van der Waals surface area contributed by atoms with E-state index in [1.54, 1.807) is 0 Å². The minimum Gasteiger partial charge on any atom is -0.352 e. The molecule has 0 aromatic carbocycles. The van der Waals surface area contributed by atoms with Crippen molar-refractivity contribution in [2.75, 3.05) is 11.9 Å². The first-order valence-corrected chi connectivity index (χ1v) is 5.88. The van der Waals surface area contributed by atoms with Crippen molar-refractivity contribution in [3.63, 3.8) is 0 Å². The van der Waals surface area contributed by atoms with Crippen molar-refractivity contribution in [1.82, 2.24) is 0 Å². The topological polar surface area (TPSA) is 18.5 Å². The van der Waals surface area contributed by atoms with Crippen LogP contribution in [0, 0.1) is 0 Å². The summed E-state index contributed by atoms with van der Waals surface area (Å²) in [5, 5.41) is 0.740. The van der Waals surface area contributed by atoms with E-state index in [-0.39, 0.29) is 12.4 Å². The van der Waals surface area contributed by atoms with Crippen LogP contribution in [0.15, 0.2) is 11.6 Å². The van der Waals surface area contributed by atoms with E-state index in [1.807, 2.05) is 6.92 Å². The molecule has 2 nitrogen and oxygen atoms in total. The molecule has 1 rings (SSSR count). The first-order chi connectivity index (χ1) is 6.26. The van der Waals surface area contributed by atoms with Crippen LogP contribution in [0.25, 0.3) is 0 Å². The van der Waals surface area contributed by atoms with E-state index in [1.165, 1.54) is 5.57 Å². The van der Waals surface area contributed by atoms with Crippen molar-refractivity contribution in [2.24, 2.45) is 0 Å². The highest BCUT2D eigenvalue weighted by molar-refractivity contribution is 9.09. The highest BCUT2D eigenvalue weighted by Gasteiger charge is 2.18. The van der Waals surface area contributed by atoms with Gasteiger partial charge >= 0.3 is 0 Å². The van der Waals surface area contributed by atoms with E-state index in [9.17, 15) is 0 Å². The zero-order chi connectivity index (χ0) is 9.68. The molecule has 0 fully saturated rings. The van der Waals surface area contributed by atoms with Gasteiger partial charge in [0.05, 0.1) is 11.4 Å². The van der Waals surface area contributed by atoms with Crippen molar-refractivity contribution in [3.05, 3.63) is 11.6 Å². The van der Waals surface area contributed by atoms with Crippen LogP contribution in [-0.4, -0.2) is 24.3 Å². The molecular formula is C10H17BrO2. The van der Waals surface area contributed by atoms with Crippen LogP contribution < -0.4 is 0 Å². The first kappa shape index (κ1) is 11.2. The van der Waals surface area contributed by atoms with Crippen molar-refractivity contribution >= 4 is 15.9 Å². The quantitative estimate of drug-likeness (QED) is 0.423. The van der Waals surface area contributed by atoms with E-state index >= 15 is 0 Å². The van der Waals surface area contributed by atoms with Crippen molar-refractivity contribution < 1.29 is 9.47 Å². The molecule has 13 heavy (non-hydrogen) atoms. The van der Waals surface area contributed by atoms with Gasteiger partial charge < -0.3 is 9.47 Å². The Morgan fingerprint density at radius 2 is 2.46 bits per heavy atom. The summed E-state index contributed by atoms with van der Waals surface area (Å²) in [6, 6.07) is 0. The number of allylic oxidation sites excluding steroid dienone is 1. The number of halogens is 1. The standard InChI is InChI=1S/C10H17BrO2/c1-3-12-10(7-11)13-9-5-4-8(2)6-9/h6,9-10H,3-5,7H2,1-2H3. The van der Waals surface area contributed by atoms with E-state index in [0.29, 0.717) is 6.61 Å². The fraction of sp³-hybridized carbons (Fsp3) is 0.800. The third kappa shape index (κ3) is 3.79. The zero-order valence-corrected chi connectivity index (χ0v) is 9.84. The number of alkyl halides is 1. The molecule has 0 spiro atoms. The smallest absolute Gasteiger partial charge is 0.167 e. The summed E-state index contributed by atoms with van der Waals surface area (Å²) in [7, 11) is 0. The average molecular weight is 249 g/mol. The van der Waals surface area contributed by atoms with Gasteiger partial charge in [0.1, 0.15) is 0 Å². The van der Waals surface area contributed by atoms with E-state index in [4.69, 9.17) is 9.47 Å². The molecular weight excluding hydrogens is 232 g/mol. The second-order valence-electron chi connectivity index (χ2n) is 3.27. The van der Waals surface area contributed by atoms with Gasteiger partial charge in [-0.05, 0) is 26.7 Å². The summed E-state index contributed by atoms with van der Waals surface area (Å²) in [5.41, 5.74) is 1.43. The molecule has 1 aliphatic rings. The van der Waals surface area contributed by atoms with Crippen LogP contribution >= 0.6 is 15.9 Å². The van der Waals surface area contributed by atoms with Gasteiger partial charge in [-0.3, -0.25) is 0 Å². The van der Waals surface area contributed by atoms with Gasteiger partial charge in [-0.25, -0.2) is 0 Å². The Bertz CT molecular complexity index is 180. The van der Waals surface area contributed by atoms with Crippen LogP contribution in [0.3, 0.4) is 0 Å². The normalized spacial score (nSPS) is 24.5. The Hall–Kier alpha value is 0.140. The first-order valence-electron chi connectivity index (χ1n) is 4.76. The van der Waals surface area contributed by atoms with Gasteiger partial charge in [0.15, 0.2) is 6.29 Å². The van der Waals surface area contributed by atoms with Crippen LogP contribution in [0.4, 0.5) is 0 Å². The van der Waals surface area contributed by atoms with E-state index < -0.39 is 0 Å². The molecule has 0 saturated carbocycles. The maximum absolute atomic E-state index is 5.73. The third-order valence-corrected chi connectivity index (χ3v) is 2.63. The van der Waals surface area contributed by atoms with E-state index in [2.05, 4.69) is 28.9 Å². The Morgan fingerprint density at radius 3 is 2.92 bits per heavy atom. The number of rotatable bonds is 5. The van der Waals surface area contributed by atoms with Gasteiger partial charge in [0.25, 0.3) is 0 Å². The maximum Gasteiger partial charge on any atom is 0.167 e. The van der Waals surface area contributed by atoms with Gasteiger partial charge in [0, 0.05) is 6.61 Å². The molecule has 3 heteroatoms. The van der Waals surface area contributed by atoms with Crippen molar-refractivity contribution in [2.45, 2.75) is 39.1 Å². The minimum absolute atomic E-state index is 0.0999. The maximum atomic E-state index is 5.73. The predicted octanol–water partition coefficient (Wildman–Crippen LogP) is 2.87. The lowest BCUT2D eigenvalue weighted by Crippen LogP contribution is -2.23. The summed E-state index contributed by atoms with van der Waals surface area (Å²) in [5.74, 6) is 0. The second-order valence-corrected chi connectivity index (χ2v) is 3.91. The van der Waals surface area contributed by atoms with Gasteiger partial charge in [-0.2, -0.15) is 0 Å². The predicted molar refractivity (Wildman–Crippen MR) is 57.1 cm³/mol. The SMILES string of the molecule is CCOC(CBr)OC1C=C(C)CC1. The fourth-order valence-corrected chi connectivity index (χ4v) is 1.80. The molecule has 2 atom stereocenters. The Kier molecular flexibility index (Phi) is 4.99. The van der Waals surface area contributed by atoms with Gasteiger partial charge in [0.2, 0.25) is 0 Å². The molecule has 76 valence electrons. The van der Waals surface area contributed by atoms with Crippen LogP contribution in [-0.2, 0) is 9.47 Å². The summed E-state index contributed by atoms with van der Waals surface area (Å²) < 4.78 is 11.1. The summed E-state index contributed by atoms with van der Waals surface area (Å²) in [4.78, 5) is 0. The third-order valence-electron chi connectivity index (χ3n) is 2.10. The van der Waals surface area contributed by atoms with Gasteiger partial charge in [-0.1, -0.05) is 27.6 Å². The number of ether oxygens (including phenoxy) is 2. The zero-order valence-electron chi connectivity index (χ0n) is 8.25. The highest BCUT2D eigenvalue weighted by Crippen LogP contribution is 2.21. The van der Waals surface area contributed by atoms with Crippen LogP contribution in [0.1, 0.15) is 26.7 Å². The number of hydrogen-bond acceptors (Lipinski definition) is 2. The molecule has 0 aromatic heterocycles. The number of hydrogen-bond donors (Lipinski definition) is 0. The lowest BCUT2D eigenvalue weighted by Gasteiger charge is -2.18. The minimum atomic E-state index is -0.0999. The highest BCUT2D eigenvalue weighted by atomic mass is 79.9. The largest absolute Gasteiger partial charge is 0.352 e. The van der Waals surface area contributed by atoms with Crippen molar-refractivity contribution in [3.8, 4) is 0 Å². The molecule has 0 N–H and O–H groups in total.